The Balaban J connectivity index is 1.55. The van der Waals surface area contributed by atoms with Gasteiger partial charge >= 0.3 is 0 Å². The zero-order chi connectivity index (χ0) is 13.9. The Morgan fingerprint density at radius 2 is 2.55 bits per heavy atom. The Hall–Kier alpha value is -2.55. The number of rotatable bonds is 3. The molecule has 1 aliphatic rings. The second-order valence-electron chi connectivity index (χ2n) is 5.02. The smallest absolute Gasteiger partial charge is 0.252 e. The van der Waals surface area contributed by atoms with Crippen LogP contribution in [0.2, 0.25) is 0 Å². The summed E-state index contributed by atoms with van der Waals surface area (Å²) in [5.41, 5.74) is 0.897. The zero-order valence-corrected chi connectivity index (χ0v) is 11.0. The van der Waals surface area contributed by atoms with Gasteiger partial charge in [0.15, 0.2) is 0 Å². The maximum absolute atomic E-state index is 12.0. The maximum atomic E-state index is 12.0. The van der Waals surface area contributed by atoms with Crippen LogP contribution in [0.25, 0.3) is 0 Å². The molecular formula is C14H15N5O. The monoisotopic (exact) mass is 269 g/mol. The van der Waals surface area contributed by atoms with Crippen LogP contribution in [0.3, 0.4) is 0 Å². The summed E-state index contributed by atoms with van der Waals surface area (Å²) in [4.78, 5) is 19.0. The van der Waals surface area contributed by atoms with Crippen LogP contribution in [0.4, 0.5) is 0 Å². The Labute approximate surface area is 116 Å². The summed E-state index contributed by atoms with van der Waals surface area (Å²) in [6.45, 7) is 1.59. The minimum absolute atomic E-state index is 0.142. The number of nitrogens with one attached hydrogen (secondary N) is 2. The molecule has 1 amide bonds. The third-order valence-corrected chi connectivity index (χ3v) is 3.67. The van der Waals surface area contributed by atoms with Gasteiger partial charge in [0.1, 0.15) is 17.6 Å². The number of aryl methyl sites for hydroxylation is 1. The molecule has 3 rings (SSSR count). The molecule has 1 atom stereocenters. The lowest BCUT2D eigenvalue weighted by Crippen LogP contribution is -2.33. The molecule has 2 aromatic rings. The van der Waals surface area contributed by atoms with Crippen molar-refractivity contribution >= 4 is 5.91 Å². The van der Waals surface area contributed by atoms with Crippen LogP contribution in [0.15, 0.2) is 24.7 Å². The van der Waals surface area contributed by atoms with Gasteiger partial charge in [0, 0.05) is 38.1 Å². The van der Waals surface area contributed by atoms with Crippen LogP contribution in [-0.4, -0.2) is 27.0 Å². The van der Waals surface area contributed by atoms with E-state index in [2.05, 4.69) is 19.9 Å². The van der Waals surface area contributed by atoms with Gasteiger partial charge in [-0.1, -0.05) is 0 Å². The number of hydrogen-bond donors (Lipinski definition) is 2. The van der Waals surface area contributed by atoms with Crippen LogP contribution in [0.1, 0.15) is 28.3 Å². The summed E-state index contributed by atoms with van der Waals surface area (Å²) in [7, 11) is 0. The molecule has 0 unspecified atom stereocenters. The number of carbonyl (C=O) groups is 1. The number of aromatic nitrogens is 3. The normalized spacial score (nSPS) is 17.2. The number of nitriles is 1. The van der Waals surface area contributed by atoms with Crippen molar-refractivity contribution in [1.82, 2.24) is 19.9 Å². The molecule has 3 heterocycles. The predicted molar refractivity (Wildman–Crippen MR) is 71.9 cm³/mol. The first-order valence-corrected chi connectivity index (χ1v) is 6.63. The molecular weight excluding hydrogens is 254 g/mol. The lowest BCUT2D eigenvalue weighted by molar-refractivity contribution is 0.0944. The van der Waals surface area contributed by atoms with E-state index in [0.717, 1.165) is 25.2 Å². The van der Waals surface area contributed by atoms with Crippen molar-refractivity contribution in [3.05, 3.63) is 41.7 Å². The van der Waals surface area contributed by atoms with Crippen molar-refractivity contribution in [2.24, 2.45) is 5.92 Å². The molecule has 0 aliphatic carbocycles. The fourth-order valence-corrected chi connectivity index (χ4v) is 2.52. The van der Waals surface area contributed by atoms with Gasteiger partial charge in [-0.05, 0) is 18.4 Å². The van der Waals surface area contributed by atoms with Crippen LogP contribution < -0.4 is 5.32 Å². The summed E-state index contributed by atoms with van der Waals surface area (Å²) in [6.07, 6.45) is 7.30. The summed E-state index contributed by atoms with van der Waals surface area (Å²) in [5.74, 6) is 1.36. The van der Waals surface area contributed by atoms with Gasteiger partial charge in [0.05, 0.1) is 5.56 Å². The van der Waals surface area contributed by atoms with Crippen LogP contribution in [0, 0.1) is 17.2 Å². The minimum Gasteiger partial charge on any atom is -0.352 e. The molecule has 6 nitrogen and oxygen atoms in total. The van der Waals surface area contributed by atoms with Gasteiger partial charge in [-0.15, -0.1) is 0 Å². The van der Waals surface area contributed by atoms with E-state index in [4.69, 9.17) is 5.26 Å². The number of H-pyrrole nitrogens is 1. The Morgan fingerprint density at radius 3 is 3.35 bits per heavy atom. The van der Waals surface area contributed by atoms with Crippen molar-refractivity contribution in [2.75, 3.05) is 6.54 Å². The van der Waals surface area contributed by atoms with Crippen molar-refractivity contribution < 1.29 is 4.79 Å². The molecule has 20 heavy (non-hydrogen) atoms. The van der Waals surface area contributed by atoms with E-state index in [1.165, 1.54) is 0 Å². The summed E-state index contributed by atoms with van der Waals surface area (Å²) < 4.78 is 2.16. The average Bonchev–Trinajstić information content (AvgIpc) is 3.12. The zero-order valence-electron chi connectivity index (χ0n) is 11.0. The van der Waals surface area contributed by atoms with Crippen molar-refractivity contribution in [1.29, 1.82) is 5.26 Å². The highest BCUT2D eigenvalue weighted by Gasteiger charge is 2.20. The number of nitrogens with zero attached hydrogens (tertiary/aromatic N) is 3. The number of hydrogen-bond acceptors (Lipinski definition) is 3. The van der Waals surface area contributed by atoms with Gasteiger partial charge in [0.2, 0.25) is 0 Å². The largest absolute Gasteiger partial charge is 0.352 e. The number of fused-ring (bicyclic) bond motifs is 1. The SMILES string of the molecule is N#Cc1cc(C(=O)NC[C@@H]2CCn3ccnc3C2)c[nH]1. The Bertz CT molecular complexity index is 663. The quantitative estimate of drug-likeness (QED) is 0.874. The van der Waals surface area contributed by atoms with E-state index in [0.29, 0.717) is 23.7 Å². The predicted octanol–water partition coefficient (Wildman–Crippen LogP) is 1.08. The van der Waals surface area contributed by atoms with Crippen molar-refractivity contribution in [3.63, 3.8) is 0 Å². The molecule has 1 aliphatic heterocycles. The highest BCUT2D eigenvalue weighted by atomic mass is 16.1. The summed E-state index contributed by atoms with van der Waals surface area (Å²) >= 11 is 0. The van der Waals surface area contributed by atoms with E-state index in [1.807, 2.05) is 18.5 Å². The van der Waals surface area contributed by atoms with Crippen LogP contribution in [-0.2, 0) is 13.0 Å². The topological polar surface area (TPSA) is 86.5 Å². The fraction of sp³-hybridized carbons (Fsp3) is 0.357. The first kappa shape index (κ1) is 12.5. The molecule has 2 aromatic heterocycles. The van der Waals surface area contributed by atoms with Crippen LogP contribution in [0.5, 0.6) is 0 Å². The molecule has 0 fully saturated rings. The second kappa shape index (κ2) is 5.21. The number of carbonyl (C=O) groups excluding carboxylic acids is 1. The number of aromatic amines is 1. The van der Waals surface area contributed by atoms with Gasteiger partial charge in [0.25, 0.3) is 5.91 Å². The molecule has 0 saturated heterocycles. The second-order valence-corrected chi connectivity index (χ2v) is 5.02. The van der Waals surface area contributed by atoms with E-state index >= 15 is 0 Å². The molecule has 0 spiro atoms. The van der Waals surface area contributed by atoms with E-state index in [1.54, 1.807) is 12.3 Å². The number of imidazole rings is 1. The average molecular weight is 269 g/mol. The van der Waals surface area contributed by atoms with Gasteiger partial charge < -0.3 is 14.9 Å². The lowest BCUT2D eigenvalue weighted by Gasteiger charge is -2.23. The van der Waals surface area contributed by atoms with Crippen molar-refractivity contribution in [3.8, 4) is 6.07 Å². The molecule has 0 saturated carbocycles. The molecule has 0 bridgehead atoms. The Kier molecular flexibility index (Phi) is 3.25. The van der Waals surface area contributed by atoms with E-state index in [9.17, 15) is 4.79 Å². The maximum Gasteiger partial charge on any atom is 0.252 e. The summed E-state index contributed by atoms with van der Waals surface area (Å²) in [6, 6.07) is 3.53. The molecule has 0 radical (unpaired) electrons. The fourth-order valence-electron chi connectivity index (χ4n) is 2.52. The Morgan fingerprint density at radius 1 is 1.65 bits per heavy atom. The minimum atomic E-state index is -0.142. The highest BCUT2D eigenvalue weighted by molar-refractivity contribution is 5.94. The van der Waals surface area contributed by atoms with Gasteiger partial charge in [-0.25, -0.2) is 4.98 Å². The highest BCUT2D eigenvalue weighted by Crippen LogP contribution is 2.18. The molecule has 6 heteroatoms. The molecule has 0 aromatic carbocycles. The first-order valence-electron chi connectivity index (χ1n) is 6.63. The van der Waals surface area contributed by atoms with Gasteiger partial charge in [-0.2, -0.15) is 5.26 Å². The third-order valence-electron chi connectivity index (χ3n) is 3.67. The molecule has 102 valence electrons. The lowest BCUT2D eigenvalue weighted by atomic mass is 9.98. The number of amides is 1. The van der Waals surface area contributed by atoms with E-state index < -0.39 is 0 Å². The van der Waals surface area contributed by atoms with Crippen LogP contribution >= 0.6 is 0 Å². The van der Waals surface area contributed by atoms with E-state index in [-0.39, 0.29) is 5.91 Å². The summed E-state index contributed by atoms with van der Waals surface area (Å²) in [5, 5.41) is 11.6. The third kappa shape index (κ3) is 2.43. The molecule has 2 N–H and O–H groups in total. The standard InChI is InChI=1S/C14H15N5O/c15-7-12-6-11(9-17-12)14(20)18-8-10-1-3-19-4-2-16-13(19)5-10/h2,4,6,9-10,17H,1,3,5,8H2,(H,18,20)/t10-/m1/s1. The van der Waals surface area contributed by atoms with Gasteiger partial charge in [-0.3, -0.25) is 4.79 Å². The van der Waals surface area contributed by atoms with Crippen molar-refractivity contribution in [2.45, 2.75) is 19.4 Å². The first-order chi connectivity index (χ1) is 9.76.